The Hall–Kier alpha value is -2.15. The minimum Gasteiger partial charge on any atom is -0.354 e. The number of carbonyl (C=O) groups is 3. The average molecular weight is 348 g/mol. The van der Waals surface area contributed by atoms with Gasteiger partial charge in [0.2, 0.25) is 5.91 Å². The summed E-state index contributed by atoms with van der Waals surface area (Å²) in [5, 5.41) is 2.88. The Morgan fingerprint density at radius 3 is 2.20 bits per heavy atom. The number of amides is 2. The molecule has 1 aromatic rings. The second-order valence-electron chi connectivity index (χ2n) is 6.97. The maximum absolute atomic E-state index is 12.8. The van der Waals surface area contributed by atoms with Crippen LogP contribution in [-0.2, 0) is 4.79 Å². The van der Waals surface area contributed by atoms with Crippen LogP contribution in [0.5, 0.6) is 0 Å². The Balaban J connectivity index is 1.97. The molecule has 1 aromatic heterocycles. The van der Waals surface area contributed by atoms with Crippen molar-refractivity contribution in [2.75, 3.05) is 32.7 Å². The van der Waals surface area contributed by atoms with Crippen molar-refractivity contribution in [3.05, 3.63) is 22.5 Å². The molecule has 0 spiro atoms. The summed E-state index contributed by atoms with van der Waals surface area (Å²) in [6.45, 7) is 11.8. The summed E-state index contributed by atoms with van der Waals surface area (Å²) < 4.78 is 0. The fraction of sp³-hybridized carbons (Fsp3) is 0.611. The first-order valence-electron chi connectivity index (χ1n) is 8.71. The van der Waals surface area contributed by atoms with Crippen molar-refractivity contribution < 1.29 is 14.4 Å². The molecular formula is C18H28N4O3. The number of rotatable bonds is 5. The molecule has 0 saturated carbocycles. The van der Waals surface area contributed by atoms with Gasteiger partial charge in [0.05, 0.1) is 6.54 Å². The minimum absolute atomic E-state index is 0.0108. The second-order valence-corrected chi connectivity index (χ2v) is 6.97. The number of ketones is 1. The summed E-state index contributed by atoms with van der Waals surface area (Å²) >= 11 is 0. The third-order valence-electron chi connectivity index (χ3n) is 4.48. The number of aromatic amines is 1. The summed E-state index contributed by atoms with van der Waals surface area (Å²) in [6.07, 6.45) is 0. The molecule has 0 unspecified atom stereocenters. The lowest BCUT2D eigenvalue weighted by atomic mass is 10.1. The maximum atomic E-state index is 12.8. The molecule has 7 heteroatoms. The van der Waals surface area contributed by atoms with Crippen molar-refractivity contribution in [1.29, 1.82) is 0 Å². The van der Waals surface area contributed by atoms with Crippen molar-refractivity contribution in [1.82, 2.24) is 20.1 Å². The van der Waals surface area contributed by atoms with Crippen LogP contribution in [0.15, 0.2) is 0 Å². The minimum atomic E-state index is -0.0839. The van der Waals surface area contributed by atoms with Crippen molar-refractivity contribution in [3.63, 3.8) is 0 Å². The van der Waals surface area contributed by atoms with Crippen LogP contribution in [-0.4, -0.2) is 71.1 Å². The Morgan fingerprint density at radius 1 is 1.12 bits per heavy atom. The number of H-pyrrole nitrogens is 1. The summed E-state index contributed by atoms with van der Waals surface area (Å²) in [4.78, 5) is 43.2. The van der Waals surface area contributed by atoms with Crippen molar-refractivity contribution in [3.8, 4) is 0 Å². The van der Waals surface area contributed by atoms with E-state index in [9.17, 15) is 14.4 Å². The van der Waals surface area contributed by atoms with E-state index >= 15 is 0 Å². The van der Waals surface area contributed by atoms with Crippen LogP contribution in [0.25, 0.3) is 0 Å². The van der Waals surface area contributed by atoms with Crippen LogP contribution < -0.4 is 5.32 Å². The van der Waals surface area contributed by atoms with E-state index in [-0.39, 0.29) is 23.6 Å². The van der Waals surface area contributed by atoms with Gasteiger partial charge in [-0.15, -0.1) is 0 Å². The Kier molecular flexibility index (Phi) is 6.00. The zero-order valence-corrected chi connectivity index (χ0v) is 15.7. The van der Waals surface area contributed by atoms with E-state index < -0.39 is 0 Å². The van der Waals surface area contributed by atoms with E-state index in [1.165, 1.54) is 6.92 Å². The monoisotopic (exact) mass is 348 g/mol. The van der Waals surface area contributed by atoms with Crippen LogP contribution in [0.1, 0.15) is 52.9 Å². The summed E-state index contributed by atoms with van der Waals surface area (Å²) in [5.74, 6) is -0.109. The molecule has 2 rings (SSSR count). The molecule has 0 aliphatic carbocycles. The number of hydrogen-bond donors (Lipinski definition) is 2. The largest absolute Gasteiger partial charge is 0.354 e. The summed E-state index contributed by atoms with van der Waals surface area (Å²) in [6, 6.07) is 0.130. The zero-order chi connectivity index (χ0) is 18.7. The molecule has 2 amide bonds. The zero-order valence-electron chi connectivity index (χ0n) is 15.7. The van der Waals surface area contributed by atoms with Crippen molar-refractivity contribution in [2.24, 2.45) is 0 Å². The molecule has 0 bridgehead atoms. The van der Waals surface area contributed by atoms with Crippen LogP contribution in [0.3, 0.4) is 0 Å². The molecule has 1 aliphatic heterocycles. The topological polar surface area (TPSA) is 85.5 Å². The van der Waals surface area contributed by atoms with E-state index in [1.807, 2.05) is 20.8 Å². The Bertz CT molecular complexity index is 670. The van der Waals surface area contributed by atoms with Gasteiger partial charge in [-0.25, -0.2) is 0 Å². The van der Waals surface area contributed by atoms with E-state index in [0.29, 0.717) is 49.5 Å². The molecule has 138 valence electrons. The average Bonchev–Trinajstić information content (AvgIpc) is 2.81. The Morgan fingerprint density at radius 2 is 1.72 bits per heavy atom. The molecule has 2 heterocycles. The number of Topliss-reactive ketones (excluding diaryl/α,β-unsaturated/α-hetero) is 1. The number of aromatic nitrogens is 1. The predicted octanol–water partition coefficient (Wildman–Crippen LogP) is 1.12. The van der Waals surface area contributed by atoms with Gasteiger partial charge in [-0.3, -0.25) is 19.3 Å². The van der Waals surface area contributed by atoms with Crippen LogP contribution in [0.4, 0.5) is 0 Å². The van der Waals surface area contributed by atoms with Gasteiger partial charge in [0.1, 0.15) is 5.69 Å². The Labute approximate surface area is 148 Å². The molecule has 2 N–H and O–H groups in total. The standard InChI is InChI=1S/C18H28N4O3/c1-11(2)19-15(24)10-21-6-8-22(9-7-21)18(25)17-12(3)16(14(5)23)13(4)20-17/h11,20H,6-10H2,1-5H3,(H,19,24). The van der Waals surface area contributed by atoms with Gasteiger partial charge < -0.3 is 15.2 Å². The van der Waals surface area contributed by atoms with E-state index in [2.05, 4.69) is 15.2 Å². The first kappa shape index (κ1) is 19.2. The predicted molar refractivity (Wildman–Crippen MR) is 95.9 cm³/mol. The number of piperazine rings is 1. The number of hydrogen-bond acceptors (Lipinski definition) is 4. The van der Waals surface area contributed by atoms with E-state index in [0.717, 1.165) is 5.69 Å². The quantitative estimate of drug-likeness (QED) is 0.781. The van der Waals surface area contributed by atoms with E-state index in [1.54, 1.807) is 11.8 Å². The highest BCUT2D eigenvalue weighted by molar-refractivity contribution is 6.02. The van der Waals surface area contributed by atoms with Gasteiger partial charge in [0.25, 0.3) is 5.91 Å². The highest BCUT2D eigenvalue weighted by Crippen LogP contribution is 2.20. The molecular weight excluding hydrogens is 320 g/mol. The van der Waals surface area contributed by atoms with E-state index in [4.69, 9.17) is 0 Å². The van der Waals surface area contributed by atoms with Gasteiger partial charge in [0, 0.05) is 43.5 Å². The number of nitrogens with one attached hydrogen (secondary N) is 2. The van der Waals surface area contributed by atoms with Gasteiger partial charge in [-0.2, -0.15) is 0 Å². The van der Waals surface area contributed by atoms with Gasteiger partial charge in [-0.05, 0) is 40.2 Å². The maximum Gasteiger partial charge on any atom is 0.270 e. The number of aryl methyl sites for hydroxylation is 1. The lowest BCUT2D eigenvalue weighted by Gasteiger charge is -2.34. The first-order chi connectivity index (χ1) is 11.7. The van der Waals surface area contributed by atoms with Crippen molar-refractivity contribution >= 4 is 17.6 Å². The fourth-order valence-electron chi connectivity index (χ4n) is 3.33. The molecule has 0 atom stereocenters. The third kappa shape index (κ3) is 4.48. The van der Waals surface area contributed by atoms with Gasteiger partial charge in [0.15, 0.2) is 5.78 Å². The highest BCUT2D eigenvalue weighted by atomic mass is 16.2. The van der Waals surface area contributed by atoms with Gasteiger partial charge in [-0.1, -0.05) is 0 Å². The first-order valence-corrected chi connectivity index (χ1v) is 8.71. The number of carbonyl (C=O) groups excluding carboxylic acids is 3. The molecule has 0 radical (unpaired) electrons. The number of nitrogens with zero attached hydrogens (tertiary/aromatic N) is 2. The van der Waals surface area contributed by atoms with Gasteiger partial charge >= 0.3 is 0 Å². The van der Waals surface area contributed by atoms with Crippen LogP contribution >= 0.6 is 0 Å². The lowest BCUT2D eigenvalue weighted by Crippen LogP contribution is -2.51. The summed E-state index contributed by atoms with van der Waals surface area (Å²) in [7, 11) is 0. The SMILES string of the molecule is CC(=O)c1c(C)[nH]c(C(=O)N2CCN(CC(=O)NC(C)C)CC2)c1C. The lowest BCUT2D eigenvalue weighted by molar-refractivity contribution is -0.123. The smallest absolute Gasteiger partial charge is 0.270 e. The fourth-order valence-corrected chi connectivity index (χ4v) is 3.33. The molecule has 1 aliphatic rings. The van der Waals surface area contributed by atoms with Crippen molar-refractivity contribution in [2.45, 2.75) is 40.7 Å². The molecule has 7 nitrogen and oxygen atoms in total. The third-order valence-corrected chi connectivity index (χ3v) is 4.48. The summed E-state index contributed by atoms with van der Waals surface area (Å²) in [5.41, 5.74) is 2.55. The second kappa shape index (κ2) is 7.82. The van der Waals surface area contributed by atoms with Crippen LogP contribution in [0, 0.1) is 13.8 Å². The molecule has 1 fully saturated rings. The molecule has 1 saturated heterocycles. The molecule has 0 aromatic carbocycles. The highest BCUT2D eigenvalue weighted by Gasteiger charge is 2.27. The van der Waals surface area contributed by atoms with Crippen LogP contribution in [0.2, 0.25) is 0 Å². The normalized spacial score (nSPS) is 15.5. The molecule has 25 heavy (non-hydrogen) atoms.